The van der Waals surface area contributed by atoms with E-state index in [1.54, 1.807) is 29.2 Å². The third-order valence-electron chi connectivity index (χ3n) is 4.56. The number of hydrogen-bond acceptors (Lipinski definition) is 6. The lowest BCUT2D eigenvalue weighted by Crippen LogP contribution is -2.43. The highest BCUT2D eigenvalue weighted by Gasteiger charge is 2.28. The molecular weight excluding hydrogens is 380 g/mol. The van der Waals surface area contributed by atoms with E-state index in [-0.39, 0.29) is 24.3 Å². The summed E-state index contributed by atoms with van der Waals surface area (Å²) in [6.07, 6.45) is 1.19. The number of nitrogens with zero attached hydrogens (tertiary/aromatic N) is 1. The van der Waals surface area contributed by atoms with Gasteiger partial charge in [-0.05, 0) is 37.1 Å². The Hall–Kier alpha value is -2.87. The van der Waals surface area contributed by atoms with Gasteiger partial charge in [-0.2, -0.15) is 0 Å². The van der Waals surface area contributed by atoms with E-state index >= 15 is 0 Å². The molecule has 0 atom stereocenters. The van der Waals surface area contributed by atoms with E-state index in [0.717, 1.165) is 0 Å². The van der Waals surface area contributed by atoms with Gasteiger partial charge in [0.1, 0.15) is 10.6 Å². The first-order valence-corrected chi connectivity index (χ1v) is 9.83. The predicted molar refractivity (Wildman–Crippen MR) is 106 cm³/mol. The standard InChI is InChI=1S/C20H22N2O5S/c1-26-20(25)16-7-8-17(28-16)21-19(24)14-9-11-22(12-10-14)18(23)13-27-15-5-3-2-4-6-15/h2-8,14H,9-13H2,1H3,(H,21,24). The van der Waals surface area contributed by atoms with Crippen LogP contribution in [0.3, 0.4) is 0 Å². The zero-order chi connectivity index (χ0) is 19.9. The zero-order valence-electron chi connectivity index (χ0n) is 15.6. The summed E-state index contributed by atoms with van der Waals surface area (Å²) in [6.45, 7) is 1.03. The predicted octanol–water partition coefficient (Wildman–Crippen LogP) is 2.79. The van der Waals surface area contributed by atoms with Gasteiger partial charge in [-0.25, -0.2) is 4.79 Å². The van der Waals surface area contributed by atoms with Crippen molar-refractivity contribution in [2.45, 2.75) is 12.8 Å². The average molecular weight is 402 g/mol. The maximum Gasteiger partial charge on any atom is 0.348 e. The molecule has 1 N–H and O–H groups in total. The minimum atomic E-state index is -0.421. The van der Waals surface area contributed by atoms with Gasteiger partial charge in [0, 0.05) is 19.0 Å². The maximum absolute atomic E-state index is 12.5. The summed E-state index contributed by atoms with van der Waals surface area (Å²) in [5, 5.41) is 3.46. The van der Waals surface area contributed by atoms with Gasteiger partial charge in [-0.1, -0.05) is 18.2 Å². The zero-order valence-corrected chi connectivity index (χ0v) is 16.4. The van der Waals surface area contributed by atoms with Crippen molar-refractivity contribution in [3.63, 3.8) is 0 Å². The summed E-state index contributed by atoms with van der Waals surface area (Å²) >= 11 is 1.18. The lowest BCUT2D eigenvalue weighted by molar-refractivity contribution is -0.136. The number of carbonyl (C=O) groups excluding carboxylic acids is 3. The second kappa shape index (κ2) is 9.36. The summed E-state index contributed by atoms with van der Waals surface area (Å²) in [5.74, 6) is -0.0974. The van der Waals surface area contributed by atoms with Gasteiger partial charge >= 0.3 is 5.97 Å². The van der Waals surface area contributed by atoms with Gasteiger partial charge < -0.3 is 19.7 Å². The molecule has 0 unspecified atom stereocenters. The summed E-state index contributed by atoms with van der Waals surface area (Å²) in [5.41, 5.74) is 0. The van der Waals surface area contributed by atoms with E-state index in [0.29, 0.717) is 41.6 Å². The van der Waals surface area contributed by atoms with E-state index in [1.165, 1.54) is 18.4 Å². The van der Waals surface area contributed by atoms with Crippen molar-refractivity contribution in [2.75, 3.05) is 32.1 Å². The van der Waals surface area contributed by atoms with E-state index in [4.69, 9.17) is 4.74 Å². The first-order valence-electron chi connectivity index (χ1n) is 9.01. The van der Waals surface area contributed by atoms with Crippen LogP contribution >= 0.6 is 11.3 Å². The molecule has 28 heavy (non-hydrogen) atoms. The number of para-hydroxylation sites is 1. The fourth-order valence-corrected chi connectivity index (χ4v) is 3.81. The normalized spacial score (nSPS) is 14.4. The Morgan fingerprint density at radius 1 is 1.11 bits per heavy atom. The van der Waals surface area contributed by atoms with Crippen LogP contribution < -0.4 is 10.1 Å². The van der Waals surface area contributed by atoms with Crippen molar-refractivity contribution in [1.29, 1.82) is 0 Å². The molecule has 1 aliphatic heterocycles. The third-order valence-corrected chi connectivity index (χ3v) is 5.54. The average Bonchev–Trinajstić information content (AvgIpc) is 3.20. The largest absolute Gasteiger partial charge is 0.484 e. The molecule has 0 aliphatic carbocycles. The fraction of sp³-hybridized carbons (Fsp3) is 0.350. The van der Waals surface area contributed by atoms with Crippen LogP contribution in [0.1, 0.15) is 22.5 Å². The van der Waals surface area contributed by atoms with Crippen LogP contribution in [0.15, 0.2) is 42.5 Å². The Morgan fingerprint density at radius 2 is 1.82 bits per heavy atom. The minimum Gasteiger partial charge on any atom is -0.484 e. The number of benzene rings is 1. The highest BCUT2D eigenvalue weighted by molar-refractivity contribution is 7.18. The summed E-state index contributed by atoms with van der Waals surface area (Å²) in [7, 11) is 1.32. The molecule has 1 aliphatic rings. The molecule has 3 rings (SSSR count). The molecule has 1 fully saturated rings. The van der Waals surface area contributed by atoms with Crippen molar-refractivity contribution in [2.24, 2.45) is 5.92 Å². The van der Waals surface area contributed by atoms with Crippen LogP contribution in [-0.4, -0.2) is 49.5 Å². The smallest absolute Gasteiger partial charge is 0.348 e. The molecule has 7 nitrogen and oxygen atoms in total. The van der Waals surface area contributed by atoms with Crippen LogP contribution in [0.4, 0.5) is 5.00 Å². The SMILES string of the molecule is COC(=O)c1ccc(NC(=O)C2CCN(C(=O)COc3ccccc3)CC2)s1. The number of piperidine rings is 1. The van der Waals surface area contributed by atoms with E-state index in [9.17, 15) is 14.4 Å². The molecule has 2 amide bonds. The van der Waals surface area contributed by atoms with Crippen molar-refractivity contribution in [3.05, 3.63) is 47.3 Å². The number of rotatable bonds is 6. The summed E-state index contributed by atoms with van der Waals surface area (Å²) < 4.78 is 10.2. The second-order valence-corrected chi connectivity index (χ2v) is 7.49. The first-order chi connectivity index (χ1) is 13.6. The molecule has 0 saturated carbocycles. The number of likely N-dealkylation sites (tertiary alicyclic amines) is 1. The topological polar surface area (TPSA) is 84.9 Å². The van der Waals surface area contributed by atoms with Crippen molar-refractivity contribution in [1.82, 2.24) is 4.90 Å². The minimum absolute atomic E-state index is 0.00756. The Balaban J connectivity index is 1.44. The molecule has 2 heterocycles. The molecule has 2 aromatic rings. The Morgan fingerprint density at radius 3 is 2.50 bits per heavy atom. The molecule has 0 spiro atoms. The summed E-state index contributed by atoms with van der Waals surface area (Å²) in [4.78, 5) is 38.4. The Kier molecular flexibility index (Phi) is 6.65. The van der Waals surface area contributed by atoms with Crippen LogP contribution in [0.2, 0.25) is 0 Å². The van der Waals surface area contributed by atoms with E-state index in [1.807, 2.05) is 18.2 Å². The van der Waals surface area contributed by atoms with Crippen molar-refractivity contribution in [3.8, 4) is 5.75 Å². The Bertz CT molecular complexity index is 828. The van der Waals surface area contributed by atoms with Crippen LogP contribution in [0.5, 0.6) is 5.75 Å². The van der Waals surface area contributed by atoms with Gasteiger partial charge in [0.25, 0.3) is 5.91 Å². The molecule has 148 valence electrons. The molecule has 1 aromatic heterocycles. The number of ether oxygens (including phenoxy) is 2. The second-order valence-electron chi connectivity index (χ2n) is 6.40. The number of thiophene rings is 1. The molecule has 1 saturated heterocycles. The van der Waals surface area contributed by atoms with Gasteiger partial charge in [-0.3, -0.25) is 9.59 Å². The molecule has 1 aromatic carbocycles. The van der Waals surface area contributed by atoms with Gasteiger partial charge in [0.2, 0.25) is 5.91 Å². The van der Waals surface area contributed by atoms with E-state index < -0.39 is 5.97 Å². The number of carbonyl (C=O) groups is 3. The van der Waals surface area contributed by atoms with E-state index in [2.05, 4.69) is 10.1 Å². The first kappa shape index (κ1) is 19.9. The van der Waals surface area contributed by atoms with Crippen molar-refractivity contribution < 1.29 is 23.9 Å². The number of hydrogen-bond donors (Lipinski definition) is 1. The van der Waals surface area contributed by atoms with Crippen LogP contribution in [0, 0.1) is 5.92 Å². The monoisotopic (exact) mass is 402 g/mol. The third kappa shape index (κ3) is 5.10. The number of methoxy groups -OCH3 is 1. The highest BCUT2D eigenvalue weighted by atomic mass is 32.1. The number of nitrogens with one attached hydrogen (secondary N) is 1. The Labute approximate surface area is 167 Å². The molecule has 0 bridgehead atoms. The number of anilines is 1. The lowest BCUT2D eigenvalue weighted by atomic mass is 9.96. The van der Waals surface area contributed by atoms with Crippen LogP contribution in [-0.2, 0) is 14.3 Å². The summed E-state index contributed by atoms with van der Waals surface area (Å²) in [6, 6.07) is 12.5. The van der Waals surface area contributed by atoms with Gasteiger partial charge in [0.15, 0.2) is 6.61 Å². The maximum atomic E-state index is 12.5. The van der Waals surface area contributed by atoms with Gasteiger partial charge in [0.05, 0.1) is 12.1 Å². The molecule has 8 heteroatoms. The molecular formula is C20H22N2O5S. The fourth-order valence-electron chi connectivity index (χ4n) is 2.98. The van der Waals surface area contributed by atoms with Crippen LogP contribution in [0.25, 0.3) is 0 Å². The quantitative estimate of drug-likeness (QED) is 0.751. The highest BCUT2D eigenvalue weighted by Crippen LogP contribution is 2.25. The lowest BCUT2D eigenvalue weighted by Gasteiger charge is -2.31. The van der Waals surface area contributed by atoms with Gasteiger partial charge in [-0.15, -0.1) is 11.3 Å². The number of amides is 2. The molecule has 0 radical (unpaired) electrons. The number of esters is 1. The van der Waals surface area contributed by atoms with Crippen molar-refractivity contribution >= 4 is 34.1 Å².